The second kappa shape index (κ2) is 17.0. The van der Waals surface area contributed by atoms with Crippen LogP contribution >= 0.6 is 0 Å². The highest BCUT2D eigenvalue weighted by atomic mass is 19.2. The number of halogens is 2. The Hall–Kier alpha value is -4.63. The first kappa shape index (κ1) is 33.3. The molecule has 9 nitrogen and oxygen atoms in total. The van der Waals surface area contributed by atoms with E-state index >= 15 is 0 Å². The monoisotopic (exact) mass is 617 g/mol. The van der Waals surface area contributed by atoms with E-state index in [9.17, 15) is 18.4 Å². The summed E-state index contributed by atoms with van der Waals surface area (Å²) in [5.41, 5.74) is 3.00. The van der Waals surface area contributed by atoms with Crippen molar-refractivity contribution in [3.05, 3.63) is 106 Å². The van der Waals surface area contributed by atoms with Gasteiger partial charge in [0.1, 0.15) is 5.56 Å². The molecule has 0 aliphatic carbocycles. The first-order valence-electron chi connectivity index (χ1n) is 14.7. The van der Waals surface area contributed by atoms with Crippen LogP contribution in [0.15, 0.2) is 71.8 Å². The summed E-state index contributed by atoms with van der Waals surface area (Å²) < 4.78 is 29.9. The number of carbonyl (C=O) groups is 1. The molecule has 1 aliphatic heterocycles. The van der Waals surface area contributed by atoms with Gasteiger partial charge in [-0.25, -0.2) is 8.78 Å². The van der Waals surface area contributed by atoms with Gasteiger partial charge in [-0.2, -0.15) is 0 Å². The maximum Gasteiger partial charge on any atom is 0.260 e. The van der Waals surface area contributed by atoms with Crippen LogP contribution < -0.4 is 16.2 Å². The number of piperidine rings is 1. The number of carbonyl (C=O) groups excluding carboxylic acids is 1. The van der Waals surface area contributed by atoms with E-state index in [1.807, 2.05) is 24.4 Å². The molecule has 1 fully saturated rings. The fourth-order valence-electron chi connectivity index (χ4n) is 4.84. The Morgan fingerprint density at radius 3 is 2.69 bits per heavy atom. The molecule has 11 heteroatoms. The van der Waals surface area contributed by atoms with Gasteiger partial charge in [0.15, 0.2) is 11.6 Å². The van der Waals surface area contributed by atoms with Gasteiger partial charge in [0.25, 0.3) is 11.5 Å². The summed E-state index contributed by atoms with van der Waals surface area (Å²) in [6.45, 7) is 3.99. The number of aromatic nitrogens is 2. The van der Waals surface area contributed by atoms with Crippen molar-refractivity contribution in [2.75, 3.05) is 51.8 Å². The lowest BCUT2D eigenvalue weighted by Gasteiger charge is -2.32. The lowest BCUT2D eigenvalue weighted by molar-refractivity contribution is 0.0957. The standard InChI is InChI=1S/C26H29N5O3.C8H8F2O/c1-34-15-14-31-12-8-21(9-13-31)30-22-17-20-16-19(6-7-24(20)29-18-22)4-2-10-27-25(32)23-5-3-11-28-26(23)33;9-7-2-1-6(3-4-11)5-8(7)10/h3,5-7,11,16-18,21,30H,8-10,12-15H2,1H3,(H,27,32)(H,28,33);1-2,5,11H,3-4H2. The molecule has 2 aromatic carbocycles. The van der Waals surface area contributed by atoms with E-state index in [2.05, 4.69) is 43.4 Å². The average molecular weight is 618 g/mol. The van der Waals surface area contributed by atoms with Crippen molar-refractivity contribution < 1.29 is 23.4 Å². The molecule has 0 saturated carbocycles. The van der Waals surface area contributed by atoms with E-state index in [1.54, 1.807) is 13.2 Å². The Morgan fingerprint density at radius 2 is 1.96 bits per heavy atom. The molecule has 0 bridgehead atoms. The molecule has 1 aliphatic rings. The number of anilines is 1. The van der Waals surface area contributed by atoms with E-state index in [1.165, 1.54) is 18.3 Å². The van der Waals surface area contributed by atoms with Crippen molar-refractivity contribution in [2.45, 2.75) is 25.3 Å². The first-order valence-corrected chi connectivity index (χ1v) is 14.7. The number of benzene rings is 2. The van der Waals surface area contributed by atoms with Crippen LogP contribution in [0.1, 0.15) is 34.3 Å². The third-order valence-corrected chi connectivity index (χ3v) is 7.27. The van der Waals surface area contributed by atoms with Gasteiger partial charge in [0, 0.05) is 56.5 Å². The van der Waals surface area contributed by atoms with Crippen molar-refractivity contribution >= 4 is 22.5 Å². The molecule has 5 rings (SSSR count). The molecule has 3 heterocycles. The average Bonchev–Trinajstić information content (AvgIpc) is 3.05. The predicted octanol–water partition coefficient (Wildman–Crippen LogP) is 3.73. The van der Waals surface area contributed by atoms with E-state index in [0.29, 0.717) is 18.0 Å². The van der Waals surface area contributed by atoms with E-state index in [4.69, 9.17) is 9.84 Å². The molecule has 1 amide bonds. The van der Waals surface area contributed by atoms with Crippen molar-refractivity contribution in [3.8, 4) is 11.8 Å². The molecule has 0 radical (unpaired) electrons. The Kier molecular flexibility index (Phi) is 12.6. The van der Waals surface area contributed by atoms with E-state index in [0.717, 1.165) is 73.4 Å². The third kappa shape index (κ3) is 10.2. The molecule has 0 atom stereocenters. The van der Waals surface area contributed by atoms with Crippen LogP contribution in [0.2, 0.25) is 0 Å². The molecule has 1 saturated heterocycles. The van der Waals surface area contributed by atoms with Gasteiger partial charge in [-0.15, -0.1) is 0 Å². The highest BCUT2D eigenvalue weighted by Gasteiger charge is 2.18. The number of pyridine rings is 2. The smallest absolute Gasteiger partial charge is 0.260 e. The first-order chi connectivity index (χ1) is 21.9. The zero-order valence-electron chi connectivity index (χ0n) is 25.1. The highest BCUT2D eigenvalue weighted by molar-refractivity contribution is 5.93. The molecule has 45 heavy (non-hydrogen) atoms. The van der Waals surface area contributed by atoms with Crippen LogP contribution in [0, 0.1) is 23.5 Å². The zero-order chi connectivity index (χ0) is 32.0. The minimum atomic E-state index is -0.865. The topological polar surface area (TPSA) is 120 Å². The fourth-order valence-corrected chi connectivity index (χ4v) is 4.84. The summed E-state index contributed by atoms with van der Waals surface area (Å²) in [6.07, 6.45) is 5.91. The lowest BCUT2D eigenvalue weighted by Crippen LogP contribution is -2.40. The maximum absolute atomic E-state index is 12.4. The van der Waals surface area contributed by atoms with Gasteiger partial charge in [0.05, 0.1) is 30.6 Å². The number of rotatable bonds is 9. The molecule has 236 valence electrons. The molecular weight excluding hydrogens is 580 g/mol. The quantitative estimate of drug-likeness (QED) is 0.212. The van der Waals surface area contributed by atoms with E-state index < -0.39 is 23.1 Å². The summed E-state index contributed by atoms with van der Waals surface area (Å²) in [5.74, 6) is 3.84. The van der Waals surface area contributed by atoms with E-state index in [-0.39, 0.29) is 18.7 Å². The minimum Gasteiger partial charge on any atom is -0.396 e. The summed E-state index contributed by atoms with van der Waals surface area (Å²) >= 11 is 0. The summed E-state index contributed by atoms with van der Waals surface area (Å²) in [5, 5.41) is 15.7. The van der Waals surface area contributed by atoms with Gasteiger partial charge in [-0.1, -0.05) is 17.9 Å². The van der Waals surface area contributed by atoms with Crippen molar-refractivity contribution in [2.24, 2.45) is 0 Å². The van der Waals surface area contributed by atoms with Crippen LogP contribution in [0.25, 0.3) is 10.9 Å². The number of hydrogen-bond donors (Lipinski definition) is 4. The summed E-state index contributed by atoms with van der Waals surface area (Å²) in [4.78, 5) is 33.3. The maximum atomic E-state index is 12.4. The number of fused-ring (bicyclic) bond motifs is 1. The molecule has 0 unspecified atom stereocenters. The Bertz CT molecular complexity index is 1690. The minimum absolute atomic E-state index is 0.0505. The van der Waals surface area contributed by atoms with Crippen molar-refractivity contribution in [3.63, 3.8) is 0 Å². The van der Waals surface area contributed by atoms with Crippen LogP contribution in [0.3, 0.4) is 0 Å². The highest BCUT2D eigenvalue weighted by Crippen LogP contribution is 2.21. The van der Waals surface area contributed by atoms with Crippen LogP contribution in [0.4, 0.5) is 14.5 Å². The van der Waals surface area contributed by atoms with Gasteiger partial charge in [0.2, 0.25) is 0 Å². The Balaban J connectivity index is 0.000000354. The Labute approximate surface area is 260 Å². The molecular formula is C34H37F2N5O4. The van der Waals surface area contributed by atoms with Crippen molar-refractivity contribution in [1.29, 1.82) is 0 Å². The number of methoxy groups -OCH3 is 1. The second-order valence-electron chi connectivity index (χ2n) is 10.5. The van der Waals surface area contributed by atoms with Gasteiger partial charge >= 0.3 is 0 Å². The number of aliphatic hydroxyl groups excluding tert-OH is 1. The lowest BCUT2D eigenvalue weighted by atomic mass is 10.0. The number of nitrogens with zero attached hydrogens (tertiary/aromatic N) is 2. The SMILES string of the molecule is COCCN1CCC(Nc2cnc3ccc(C#CCNC(=O)c4ccc[nH]c4=O)cc3c2)CC1.OCCc1ccc(F)c(F)c1. The van der Waals surface area contributed by atoms with Gasteiger partial charge < -0.3 is 30.4 Å². The number of H-pyrrole nitrogens is 1. The largest absolute Gasteiger partial charge is 0.396 e. The van der Waals surface area contributed by atoms with Crippen LogP contribution in [0.5, 0.6) is 0 Å². The predicted molar refractivity (Wildman–Crippen MR) is 170 cm³/mol. The van der Waals surface area contributed by atoms with Crippen LogP contribution in [-0.4, -0.2) is 78.4 Å². The second-order valence-corrected chi connectivity index (χ2v) is 10.5. The fraction of sp³-hybridized carbons (Fsp3) is 0.324. The number of amides is 1. The zero-order valence-corrected chi connectivity index (χ0v) is 25.1. The third-order valence-electron chi connectivity index (χ3n) is 7.27. The molecule has 2 aromatic heterocycles. The number of nitrogens with one attached hydrogen (secondary N) is 3. The molecule has 0 spiro atoms. The summed E-state index contributed by atoms with van der Waals surface area (Å²) in [6, 6.07) is 15.1. The van der Waals surface area contributed by atoms with Crippen LogP contribution in [-0.2, 0) is 11.2 Å². The normalized spacial score (nSPS) is 13.3. The number of ether oxygens (including phenoxy) is 1. The Morgan fingerprint density at radius 1 is 1.13 bits per heavy atom. The number of hydrogen-bond acceptors (Lipinski definition) is 7. The van der Waals surface area contributed by atoms with Gasteiger partial charge in [-0.3, -0.25) is 14.6 Å². The van der Waals surface area contributed by atoms with Gasteiger partial charge in [-0.05, 0) is 73.4 Å². The van der Waals surface area contributed by atoms with Crippen molar-refractivity contribution in [1.82, 2.24) is 20.2 Å². The molecule has 4 N–H and O–H groups in total. The molecule has 4 aromatic rings. The number of likely N-dealkylation sites (tertiary alicyclic amines) is 1. The summed E-state index contributed by atoms with van der Waals surface area (Å²) in [7, 11) is 1.74. The number of aliphatic hydroxyl groups is 1. The number of aromatic amines is 1.